The number of amides is 1. The molecule has 22 heavy (non-hydrogen) atoms. The number of sulfonamides is 1. The van der Waals surface area contributed by atoms with Crippen LogP contribution in [0, 0.1) is 0 Å². The van der Waals surface area contributed by atoms with Gasteiger partial charge < -0.3 is 10.6 Å². The SMILES string of the molecule is CS(=O)(=O)N1CCc2cc(C(=O)NCC3CCCN3)ccc21. The number of hydrogen-bond donors (Lipinski definition) is 2. The second-order valence-corrected chi connectivity index (χ2v) is 7.84. The van der Waals surface area contributed by atoms with Crippen LogP contribution in [0.5, 0.6) is 0 Å². The van der Waals surface area contributed by atoms with E-state index in [-0.39, 0.29) is 5.91 Å². The number of benzene rings is 1. The molecule has 2 aliphatic heterocycles. The number of nitrogens with one attached hydrogen (secondary N) is 2. The molecule has 120 valence electrons. The van der Waals surface area contributed by atoms with E-state index in [2.05, 4.69) is 10.6 Å². The maximum atomic E-state index is 12.2. The first kappa shape index (κ1) is 15.3. The minimum atomic E-state index is -3.25. The van der Waals surface area contributed by atoms with E-state index in [4.69, 9.17) is 0 Å². The zero-order valence-corrected chi connectivity index (χ0v) is 13.4. The van der Waals surface area contributed by atoms with Gasteiger partial charge in [0.2, 0.25) is 10.0 Å². The summed E-state index contributed by atoms with van der Waals surface area (Å²) in [5.74, 6) is -0.102. The van der Waals surface area contributed by atoms with Gasteiger partial charge >= 0.3 is 0 Å². The van der Waals surface area contributed by atoms with E-state index in [1.165, 1.54) is 10.6 Å². The van der Waals surface area contributed by atoms with Crippen LogP contribution in [0.3, 0.4) is 0 Å². The molecule has 7 heteroatoms. The van der Waals surface area contributed by atoms with E-state index in [0.717, 1.165) is 24.9 Å². The van der Waals surface area contributed by atoms with Crippen molar-refractivity contribution in [1.82, 2.24) is 10.6 Å². The van der Waals surface area contributed by atoms with Crippen molar-refractivity contribution in [1.29, 1.82) is 0 Å². The fourth-order valence-corrected chi connectivity index (χ4v) is 4.06. The maximum Gasteiger partial charge on any atom is 0.251 e. The van der Waals surface area contributed by atoms with Crippen molar-refractivity contribution in [3.63, 3.8) is 0 Å². The first-order chi connectivity index (χ1) is 10.4. The third-order valence-electron chi connectivity index (χ3n) is 4.27. The molecule has 0 radical (unpaired) electrons. The predicted octanol–water partition coefficient (Wildman–Crippen LogP) is 0.490. The number of nitrogens with zero attached hydrogens (tertiary/aromatic N) is 1. The van der Waals surface area contributed by atoms with Crippen LogP contribution in [0.15, 0.2) is 18.2 Å². The summed E-state index contributed by atoms with van der Waals surface area (Å²) in [6.07, 6.45) is 4.10. The summed E-state index contributed by atoms with van der Waals surface area (Å²) in [6, 6.07) is 5.59. The quantitative estimate of drug-likeness (QED) is 0.845. The lowest BCUT2D eigenvalue weighted by Gasteiger charge is -2.16. The smallest absolute Gasteiger partial charge is 0.251 e. The molecule has 0 bridgehead atoms. The molecule has 1 fully saturated rings. The molecule has 1 aromatic rings. The monoisotopic (exact) mass is 323 g/mol. The normalized spacial score (nSPS) is 21.0. The Balaban J connectivity index is 1.70. The van der Waals surface area contributed by atoms with Gasteiger partial charge in [0.15, 0.2) is 0 Å². The second-order valence-electron chi connectivity index (χ2n) is 5.93. The summed E-state index contributed by atoms with van der Waals surface area (Å²) in [5, 5.41) is 6.28. The summed E-state index contributed by atoms with van der Waals surface area (Å²) in [6.45, 7) is 2.09. The van der Waals surface area contributed by atoms with Gasteiger partial charge in [0.05, 0.1) is 11.9 Å². The van der Waals surface area contributed by atoms with Crippen LogP contribution in [0.25, 0.3) is 0 Å². The zero-order chi connectivity index (χ0) is 15.7. The molecule has 0 spiro atoms. The lowest BCUT2D eigenvalue weighted by atomic mass is 10.1. The Morgan fingerprint density at radius 3 is 2.95 bits per heavy atom. The number of hydrogen-bond acceptors (Lipinski definition) is 4. The summed E-state index contributed by atoms with van der Waals surface area (Å²) < 4.78 is 24.8. The van der Waals surface area contributed by atoms with E-state index in [1.54, 1.807) is 18.2 Å². The van der Waals surface area contributed by atoms with Gasteiger partial charge in [0.25, 0.3) is 5.91 Å². The Bertz CT molecular complexity index is 681. The lowest BCUT2D eigenvalue weighted by Crippen LogP contribution is -2.37. The standard InChI is InChI=1S/C15H21N3O3S/c1-22(20,21)18-8-6-11-9-12(4-5-14(11)18)15(19)17-10-13-3-2-7-16-13/h4-5,9,13,16H,2-3,6-8,10H2,1H3,(H,17,19). The van der Waals surface area contributed by atoms with Crippen LogP contribution < -0.4 is 14.9 Å². The summed E-state index contributed by atoms with van der Waals surface area (Å²) >= 11 is 0. The molecule has 2 N–H and O–H groups in total. The lowest BCUT2D eigenvalue weighted by molar-refractivity contribution is 0.0950. The first-order valence-electron chi connectivity index (χ1n) is 7.57. The number of carbonyl (C=O) groups is 1. The molecule has 1 saturated heterocycles. The van der Waals surface area contributed by atoms with E-state index >= 15 is 0 Å². The van der Waals surface area contributed by atoms with Crippen LogP contribution in [-0.2, 0) is 16.4 Å². The summed E-state index contributed by atoms with van der Waals surface area (Å²) in [5.41, 5.74) is 2.20. The number of anilines is 1. The van der Waals surface area contributed by atoms with Crippen molar-refractivity contribution in [3.8, 4) is 0 Å². The van der Waals surface area contributed by atoms with Crippen molar-refractivity contribution < 1.29 is 13.2 Å². The maximum absolute atomic E-state index is 12.2. The Labute approximate surface area is 130 Å². The summed E-state index contributed by atoms with van der Waals surface area (Å²) in [4.78, 5) is 12.2. The van der Waals surface area contributed by atoms with Crippen LogP contribution in [-0.4, -0.2) is 46.3 Å². The minimum Gasteiger partial charge on any atom is -0.350 e. The largest absolute Gasteiger partial charge is 0.350 e. The number of fused-ring (bicyclic) bond motifs is 1. The van der Waals surface area contributed by atoms with E-state index < -0.39 is 10.0 Å². The highest BCUT2D eigenvalue weighted by molar-refractivity contribution is 7.92. The van der Waals surface area contributed by atoms with Crippen molar-refractivity contribution in [2.45, 2.75) is 25.3 Å². The highest BCUT2D eigenvalue weighted by Gasteiger charge is 2.26. The third kappa shape index (κ3) is 3.10. The molecule has 3 rings (SSSR count). The topological polar surface area (TPSA) is 78.5 Å². The molecule has 1 atom stereocenters. The van der Waals surface area contributed by atoms with Crippen molar-refractivity contribution >= 4 is 21.6 Å². The van der Waals surface area contributed by atoms with Gasteiger partial charge in [-0.3, -0.25) is 9.10 Å². The Morgan fingerprint density at radius 2 is 2.27 bits per heavy atom. The molecule has 1 aromatic carbocycles. The van der Waals surface area contributed by atoms with Gasteiger partial charge in [-0.15, -0.1) is 0 Å². The molecule has 1 amide bonds. The minimum absolute atomic E-state index is 0.102. The Kier molecular flexibility index (Phi) is 4.10. The highest BCUT2D eigenvalue weighted by atomic mass is 32.2. The molecule has 2 aliphatic rings. The van der Waals surface area contributed by atoms with Gasteiger partial charge in [-0.1, -0.05) is 0 Å². The Hall–Kier alpha value is -1.60. The van der Waals surface area contributed by atoms with Crippen LogP contribution in [0.4, 0.5) is 5.69 Å². The Morgan fingerprint density at radius 1 is 1.45 bits per heavy atom. The average Bonchev–Trinajstić information content (AvgIpc) is 3.12. The average molecular weight is 323 g/mol. The molecule has 0 aromatic heterocycles. The van der Waals surface area contributed by atoms with Gasteiger partial charge in [-0.25, -0.2) is 8.42 Å². The predicted molar refractivity (Wildman–Crippen MR) is 85.7 cm³/mol. The van der Waals surface area contributed by atoms with Gasteiger partial charge in [0.1, 0.15) is 0 Å². The highest BCUT2D eigenvalue weighted by Crippen LogP contribution is 2.30. The van der Waals surface area contributed by atoms with Crippen molar-refractivity contribution in [2.24, 2.45) is 0 Å². The molecule has 0 aliphatic carbocycles. The fourth-order valence-electron chi connectivity index (χ4n) is 3.11. The number of carbonyl (C=O) groups excluding carboxylic acids is 1. The van der Waals surface area contributed by atoms with Gasteiger partial charge in [-0.2, -0.15) is 0 Å². The van der Waals surface area contributed by atoms with Gasteiger partial charge in [0, 0.05) is 24.7 Å². The zero-order valence-electron chi connectivity index (χ0n) is 12.6. The van der Waals surface area contributed by atoms with Crippen LogP contribution in [0.1, 0.15) is 28.8 Å². The van der Waals surface area contributed by atoms with Crippen molar-refractivity contribution in [3.05, 3.63) is 29.3 Å². The van der Waals surface area contributed by atoms with Crippen molar-refractivity contribution in [2.75, 3.05) is 30.2 Å². The van der Waals surface area contributed by atoms with E-state index in [1.807, 2.05) is 0 Å². The van der Waals surface area contributed by atoms with E-state index in [9.17, 15) is 13.2 Å². The molecule has 2 heterocycles. The molecule has 6 nitrogen and oxygen atoms in total. The van der Waals surface area contributed by atoms with E-state index in [0.29, 0.717) is 36.8 Å². The summed E-state index contributed by atoms with van der Waals surface area (Å²) in [7, 11) is -3.25. The number of rotatable bonds is 4. The molecular weight excluding hydrogens is 302 g/mol. The molecule has 1 unspecified atom stereocenters. The molecular formula is C15H21N3O3S. The third-order valence-corrected chi connectivity index (χ3v) is 5.45. The van der Waals surface area contributed by atoms with Crippen LogP contribution >= 0.6 is 0 Å². The van der Waals surface area contributed by atoms with Gasteiger partial charge in [-0.05, 0) is 49.6 Å². The van der Waals surface area contributed by atoms with Crippen LogP contribution in [0.2, 0.25) is 0 Å². The fraction of sp³-hybridized carbons (Fsp3) is 0.533. The second kappa shape index (κ2) is 5.89. The first-order valence-corrected chi connectivity index (χ1v) is 9.42. The molecule has 0 saturated carbocycles.